The van der Waals surface area contributed by atoms with Gasteiger partial charge in [0.2, 0.25) is 0 Å². The van der Waals surface area contributed by atoms with Crippen molar-refractivity contribution in [3.05, 3.63) is 290 Å². The van der Waals surface area contributed by atoms with Gasteiger partial charge in [-0.15, -0.1) is 11.3 Å². The van der Waals surface area contributed by atoms with Crippen molar-refractivity contribution in [2.75, 3.05) is 9.80 Å². The van der Waals surface area contributed by atoms with Crippen molar-refractivity contribution in [2.45, 2.75) is 5.92 Å². The maximum atomic E-state index is 6.86. The Morgan fingerprint density at radius 1 is 0.268 bits per heavy atom. The second-order valence-corrected chi connectivity index (χ2v) is 19.2. The van der Waals surface area contributed by atoms with Gasteiger partial charge in [-0.1, -0.05) is 176 Å². The Morgan fingerprint density at radius 2 is 0.662 bits per heavy atom. The predicted molar refractivity (Wildman–Crippen MR) is 301 cm³/mol. The van der Waals surface area contributed by atoms with E-state index in [4.69, 9.17) is 4.42 Å². The van der Waals surface area contributed by atoms with Crippen LogP contribution in [0.15, 0.2) is 277 Å². The number of para-hydroxylation sites is 2. The molecule has 0 radical (unpaired) electrons. The van der Waals surface area contributed by atoms with Gasteiger partial charge in [0.05, 0.1) is 0 Å². The third-order valence-electron chi connectivity index (χ3n) is 13.8. The molecule has 13 aromatic rings. The molecule has 4 heteroatoms. The van der Waals surface area contributed by atoms with E-state index >= 15 is 0 Å². The summed E-state index contributed by atoms with van der Waals surface area (Å²) < 4.78 is 9.37. The van der Waals surface area contributed by atoms with Gasteiger partial charge < -0.3 is 14.2 Å². The summed E-state index contributed by atoms with van der Waals surface area (Å²) in [4.78, 5) is 4.64. The highest BCUT2D eigenvalue weighted by Crippen LogP contribution is 2.45. The molecule has 2 aromatic heterocycles. The first-order chi connectivity index (χ1) is 35.2. The van der Waals surface area contributed by atoms with Crippen LogP contribution < -0.4 is 9.80 Å². The topological polar surface area (TPSA) is 19.6 Å². The van der Waals surface area contributed by atoms with E-state index in [1.165, 1.54) is 53.6 Å². The molecule has 0 aliphatic heterocycles. The molecule has 0 saturated heterocycles. The van der Waals surface area contributed by atoms with E-state index in [1.54, 1.807) is 0 Å². The number of rotatable bonds is 11. The lowest BCUT2D eigenvalue weighted by Crippen LogP contribution is -2.09. The van der Waals surface area contributed by atoms with Crippen LogP contribution in [0.1, 0.15) is 22.6 Å². The molecule has 71 heavy (non-hydrogen) atoms. The smallest absolute Gasteiger partial charge is 0.137 e. The largest absolute Gasteiger partial charge is 0.456 e. The molecule has 11 aromatic carbocycles. The van der Waals surface area contributed by atoms with Gasteiger partial charge in [-0.25, -0.2) is 0 Å². The Kier molecular flexibility index (Phi) is 10.8. The SMILES string of the molecule is c1ccc(-c2cccc(-c3ccc(N(c4ccc5c(c4)oc4cc(N(c6ccccc6)c6ccccc6)ccc45)c4ccc5c(c4)sc4cc(C(c6ccccc6)c6ccccc6)ccc45)cc3)c2)cc1. The number of anilines is 6. The average molecular weight is 927 g/mol. The lowest BCUT2D eigenvalue weighted by atomic mass is 9.85. The van der Waals surface area contributed by atoms with E-state index in [0.29, 0.717) is 0 Å². The Labute approximate surface area is 417 Å². The minimum absolute atomic E-state index is 0.133. The van der Waals surface area contributed by atoms with Crippen molar-refractivity contribution < 1.29 is 4.42 Å². The van der Waals surface area contributed by atoms with E-state index in [0.717, 1.165) is 61.6 Å². The third kappa shape index (κ3) is 8.00. The molecule has 0 spiro atoms. The van der Waals surface area contributed by atoms with E-state index in [1.807, 2.05) is 11.3 Å². The Hall–Kier alpha value is -8.96. The number of hydrogen-bond acceptors (Lipinski definition) is 4. The molecular weight excluding hydrogens is 881 g/mol. The maximum absolute atomic E-state index is 6.86. The summed E-state index contributed by atoms with van der Waals surface area (Å²) in [5.74, 6) is 0.133. The van der Waals surface area contributed by atoms with Crippen molar-refractivity contribution >= 4 is 87.6 Å². The average Bonchev–Trinajstić information content (AvgIpc) is 4.00. The number of fused-ring (bicyclic) bond motifs is 6. The van der Waals surface area contributed by atoms with Gasteiger partial charge >= 0.3 is 0 Å². The first-order valence-electron chi connectivity index (χ1n) is 24.2. The summed E-state index contributed by atoms with van der Waals surface area (Å²) in [5.41, 5.74) is 16.6. The van der Waals surface area contributed by atoms with Crippen LogP contribution in [0.5, 0.6) is 0 Å². The van der Waals surface area contributed by atoms with Crippen LogP contribution in [0.3, 0.4) is 0 Å². The fraction of sp³-hybridized carbons (Fsp3) is 0.0149. The fourth-order valence-corrected chi connectivity index (χ4v) is 11.5. The van der Waals surface area contributed by atoms with Gasteiger partial charge in [0.25, 0.3) is 0 Å². The number of hydrogen-bond donors (Lipinski definition) is 0. The minimum atomic E-state index is 0.133. The standard InChI is InChI=1S/C67H46N2OS/c1-6-17-46(18-7-1)50-23-16-24-51(41-50)47-29-32-55(33-30-47)69(57-35-39-60-59-38-34-56(43-63(59)70-64(60)44-57)68(53-25-12-4-13-26-53)54-27-14-5-15-28-54)58-36-40-62-61-37-31-52(42-65(61)71-66(62)45-58)67(48-19-8-2-9-20-48)49-21-10-3-11-22-49/h1-45,67H. The zero-order chi connectivity index (χ0) is 47.1. The number of furan rings is 1. The van der Waals surface area contributed by atoms with E-state index in [9.17, 15) is 0 Å². The minimum Gasteiger partial charge on any atom is -0.456 e. The first-order valence-corrected chi connectivity index (χ1v) is 25.0. The molecule has 336 valence electrons. The summed E-state index contributed by atoms with van der Waals surface area (Å²) in [6.07, 6.45) is 0. The molecule has 0 aliphatic carbocycles. The quantitative estimate of drug-likeness (QED) is 0.121. The van der Waals surface area contributed by atoms with Crippen molar-refractivity contribution in [3.63, 3.8) is 0 Å². The van der Waals surface area contributed by atoms with Gasteiger partial charge in [-0.05, 0) is 124 Å². The molecule has 3 nitrogen and oxygen atoms in total. The molecule has 0 amide bonds. The van der Waals surface area contributed by atoms with Gasteiger partial charge in [0.1, 0.15) is 11.2 Å². The fourth-order valence-electron chi connectivity index (χ4n) is 10.4. The normalized spacial score (nSPS) is 11.5. The summed E-state index contributed by atoms with van der Waals surface area (Å²) in [6.45, 7) is 0. The number of thiophene rings is 1. The van der Waals surface area contributed by atoms with Gasteiger partial charge in [-0.2, -0.15) is 0 Å². The molecule has 0 atom stereocenters. The second-order valence-electron chi connectivity index (χ2n) is 18.1. The lowest BCUT2D eigenvalue weighted by Gasteiger charge is -2.26. The summed E-state index contributed by atoms with van der Waals surface area (Å²) >= 11 is 1.86. The predicted octanol–water partition coefficient (Wildman–Crippen LogP) is 19.4. The third-order valence-corrected chi connectivity index (χ3v) is 14.9. The highest BCUT2D eigenvalue weighted by Gasteiger charge is 2.21. The Balaban J connectivity index is 0.916. The highest BCUT2D eigenvalue weighted by molar-refractivity contribution is 7.25. The molecule has 0 aliphatic rings. The second kappa shape index (κ2) is 18.2. The number of nitrogens with zero attached hydrogens (tertiary/aromatic N) is 2. The van der Waals surface area contributed by atoms with E-state index in [-0.39, 0.29) is 5.92 Å². The van der Waals surface area contributed by atoms with E-state index in [2.05, 4.69) is 283 Å². The van der Waals surface area contributed by atoms with Crippen LogP contribution >= 0.6 is 11.3 Å². The van der Waals surface area contributed by atoms with Crippen LogP contribution in [0.4, 0.5) is 34.1 Å². The van der Waals surface area contributed by atoms with Crippen LogP contribution in [0.2, 0.25) is 0 Å². The van der Waals surface area contributed by atoms with Crippen molar-refractivity contribution in [1.29, 1.82) is 0 Å². The molecule has 0 saturated carbocycles. The zero-order valence-corrected chi connectivity index (χ0v) is 39.6. The summed E-state index contributed by atoms with van der Waals surface area (Å²) in [6, 6.07) is 98.3. The molecule has 0 bridgehead atoms. The van der Waals surface area contributed by atoms with Crippen LogP contribution in [0, 0.1) is 0 Å². The van der Waals surface area contributed by atoms with Gasteiger partial charge in [0, 0.05) is 83.1 Å². The number of benzene rings is 11. The highest BCUT2D eigenvalue weighted by atomic mass is 32.1. The molecule has 0 fully saturated rings. The van der Waals surface area contributed by atoms with Gasteiger partial charge in [-0.3, -0.25) is 0 Å². The molecule has 0 unspecified atom stereocenters. The van der Waals surface area contributed by atoms with Crippen LogP contribution in [0.25, 0.3) is 64.4 Å². The molecule has 0 N–H and O–H groups in total. The van der Waals surface area contributed by atoms with Crippen molar-refractivity contribution in [3.8, 4) is 22.3 Å². The Bertz CT molecular complexity index is 3700. The van der Waals surface area contributed by atoms with Crippen molar-refractivity contribution in [1.82, 2.24) is 0 Å². The molecule has 2 heterocycles. The van der Waals surface area contributed by atoms with Crippen LogP contribution in [-0.2, 0) is 0 Å². The van der Waals surface area contributed by atoms with Gasteiger partial charge in [0.15, 0.2) is 0 Å². The van der Waals surface area contributed by atoms with Crippen LogP contribution in [-0.4, -0.2) is 0 Å². The first kappa shape index (κ1) is 42.2. The summed E-state index contributed by atoms with van der Waals surface area (Å²) in [7, 11) is 0. The Morgan fingerprint density at radius 3 is 1.21 bits per heavy atom. The summed E-state index contributed by atoms with van der Waals surface area (Å²) in [5, 5.41) is 4.69. The maximum Gasteiger partial charge on any atom is 0.137 e. The lowest BCUT2D eigenvalue weighted by molar-refractivity contribution is 0.669. The van der Waals surface area contributed by atoms with E-state index < -0.39 is 0 Å². The van der Waals surface area contributed by atoms with Crippen molar-refractivity contribution in [2.24, 2.45) is 0 Å². The molecular formula is C67H46N2OS. The molecule has 13 rings (SSSR count). The monoisotopic (exact) mass is 926 g/mol. The zero-order valence-electron chi connectivity index (χ0n) is 38.8.